The van der Waals surface area contributed by atoms with Gasteiger partial charge in [0.25, 0.3) is 0 Å². The van der Waals surface area contributed by atoms with Gasteiger partial charge in [-0.05, 0) is 61.4 Å². The molecular formula is C21H19N3O2S. The SMILES string of the molecule is COc1ccc2nc(SCC(=O)Nc3cc(C)cc(C)c3)c(C#N)cc2c1. The second-order valence-electron chi connectivity index (χ2n) is 6.22. The summed E-state index contributed by atoms with van der Waals surface area (Å²) < 4.78 is 5.21. The Morgan fingerprint density at radius 1 is 1.19 bits per heavy atom. The lowest BCUT2D eigenvalue weighted by Crippen LogP contribution is -2.14. The number of carbonyl (C=O) groups excluding carboxylic acids is 1. The van der Waals surface area contributed by atoms with Crippen molar-refractivity contribution in [3.63, 3.8) is 0 Å². The minimum Gasteiger partial charge on any atom is -0.497 e. The van der Waals surface area contributed by atoms with Crippen molar-refractivity contribution in [2.75, 3.05) is 18.2 Å². The highest BCUT2D eigenvalue weighted by molar-refractivity contribution is 8.00. The van der Waals surface area contributed by atoms with Crippen LogP contribution in [0.3, 0.4) is 0 Å². The third-order valence-electron chi connectivity index (χ3n) is 3.95. The van der Waals surface area contributed by atoms with Crippen LogP contribution in [-0.4, -0.2) is 23.8 Å². The van der Waals surface area contributed by atoms with Gasteiger partial charge in [-0.2, -0.15) is 5.26 Å². The fourth-order valence-electron chi connectivity index (χ4n) is 2.83. The molecule has 0 saturated heterocycles. The zero-order chi connectivity index (χ0) is 19.4. The van der Waals surface area contributed by atoms with E-state index in [0.29, 0.717) is 16.3 Å². The highest BCUT2D eigenvalue weighted by Crippen LogP contribution is 2.27. The fraction of sp³-hybridized carbons (Fsp3) is 0.190. The predicted octanol–water partition coefficient (Wildman–Crippen LogP) is 4.46. The number of rotatable bonds is 5. The molecular weight excluding hydrogens is 358 g/mol. The first kappa shape index (κ1) is 18.7. The second kappa shape index (κ2) is 8.11. The van der Waals surface area contributed by atoms with Crippen molar-refractivity contribution in [3.8, 4) is 11.8 Å². The first-order chi connectivity index (χ1) is 13.0. The van der Waals surface area contributed by atoms with Crippen LogP contribution in [0.2, 0.25) is 0 Å². The van der Waals surface area contributed by atoms with Gasteiger partial charge in [0.2, 0.25) is 5.91 Å². The van der Waals surface area contributed by atoms with E-state index in [2.05, 4.69) is 22.4 Å². The molecule has 6 heteroatoms. The van der Waals surface area contributed by atoms with Gasteiger partial charge in [0.15, 0.2) is 0 Å². The van der Waals surface area contributed by atoms with Crippen molar-refractivity contribution in [2.24, 2.45) is 0 Å². The van der Waals surface area contributed by atoms with Crippen LogP contribution in [0.5, 0.6) is 5.75 Å². The molecule has 3 rings (SSSR count). The van der Waals surface area contributed by atoms with E-state index in [1.54, 1.807) is 13.2 Å². The van der Waals surface area contributed by atoms with Gasteiger partial charge in [-0.25, -0.2) is 4.98 Å². The van der Waals surface area contributed by atoms with E-state index < -0.39 is 0 Å². The molecule has 0 atom stereocenters. The van der Waals surface area contributed by atoms with E-state index in [0.717, 1.165) is 27.7 Å². The van der Waals surface area contributed by atoms with E-state index in [4.69, 9.17) is 4.74 Å². The Bertz CT molecular complexity index is 1040. The number of methoxy groups -OCH3 is 1. The van der Waals surface area contributed by atoms with Gasteiger partial charge in [-0.3, -0.25) is 4.79 Å². The Kier molecular flexibility index (Phi) is 5.63. The number of aromatic nitrogens is 1. The molecule has 0 bridgehead atoms. The lowest BCUT2D eigenvalue weighted by molar-refractivity contribution is -0.113. The fourth-order valence-corrected chi connectivity index (χ4v) is 3.59. The van der Waals surface area contributed by atoms with Crippen molar-refractivity contribution >= 4 is 34.3 Å². The Balaban J connectivity index is 1.75. The summed E-state index contributed by atoms with van der Waals surface area (Å²) in [6.07, 6.45) is 0. The molecule has 1 amide bonds. The van der Waals surface area contributed by atoms with Crippen LogP contribution in [0, 0.1) is 25.2 Å². The van der Waals surface area contributed by atoms with Gasteiger partial charge in [-0.1, -0.05) is 17.8 Å². The van der Waals surface area contributed by atoms with Crippen molar-refractivity contribution in [2.45, 2.75) is 18.9 Å². The number of benzene rings is 2. The lowest BCUT2D eigenvalue weighted by Gasteiger charge is -2.09. The Morgan fingerprint density at radius 2 is 1.93 bits per heavy atom. The molecule has 0 spiro atoms. The minimum atomic E-state index is -0.134. The number of aryl methyl sites for hydroxylation is 2. The zero-order valence-corrected chi connectivity index (χ0v) is 16.2. The van der Waals surface area contributed by atoms with Crippen molar-refractivity contribution in [1.82, 2.24) is 4.98 Å². The molecule has 0 aliphatic heterocycles. The number of ether oxygens (including phenoxy) is 1. The van der Waals surface area contributed by atoms with Crippen LogP contribution < -0.4 is 10.1 Å². The van der Waals surface area contributed by atoms with Crippen molar-refractivity contribution in [3.05, 3.63) is 59.2 Å². The summed E-state index contributed by atoms with van der Waals surface area (Å²) in [7, 11) is 1.60. The number of amides is 1. The molecule has 0 aliphatic rings. The third kappa shape index (κ3) is 4.57. The van der Waals surface area contributed by atoms with Gasteiger partial charge in [0, 0.05) is 11.1 Å². The summed E-state index contributed by atoms with van der Waals surface area (Å²) in [5, 5.41) is 13.7. The summed E-state index contributed by atoms with van der Waals surface area (Å²) >= 11 is 1.26. The summed E-state index contributed by atoms with van der Waals surface area (Å²) in [5.74, 6) is 0.753. The Morgan fingerprint density at radius 3 is 2.59 bits per heavy atom. The van der Waals surface area contributed by atoms with E-state index in [9.17, 15) is 10.1 Å². The maximum atomic E-state index is 12.3. The molecule has 3 aromatic rings. The zero-order valence-electron chi connectivity index (χ0n) is 15.4. The van der Waals surface area contributed by atoms with E-state index >= 15 is 0 Å². The van der Waals surface area contributed by atoms with Crippen LogP contribution in [0.4, 0.5) is 5.69 Å². The summed E-state index contributed by atoms with van der Waals surface area (Å²) in [5.41, 5.74) is 4.16. The maximum absolute atomic E-state index is 12.3. The van der Waals surface area contributed by atoms with Gasteiger partial charge >= 0.3 is 0 Å². The summed E-state index contributed by atoms with van der Waals surface area (Å²) in [4.78, 5) is 16.8. The van der Waals surface area contributed by atoms with Gasteiger partial charge in [0.05, 0.1) is 23.9 Å². The molecule has 0 unspecified atom stereocenters. The topological polar surface area (TPSA) is 75.0 Å². The first-order valence-electron chi connectivity index (χ1n) is 8.38. The predicted molar refractivity (Wildman–Crippen MR) is 108 cm³/mol. The number of thioether (sulfide) groups is 1. The van der Waals surface area contributed by atoms with E-state index in [1.807, 2.05) is 44.2 Å². The number of pyridine rings is 1. The number of nitrogens with one attached hydrogen (secondary N) is 1. The van der Waals surface area contributed by atoms with Crippen LogP contribution in [0.25, 0.3) is 10.9 Å². The number of hydrogen-bond acceptors (Lipinski definition) is 5. The molecule has 2 aromatic carbocycles. The standard InChI is InChI=1S/C21H19N3O2S/c1-13-6-14(2)8-17(7-13)23-20(25)12-27-21-16(11-22)9-15-10-18(26-3)4-5-19(15)24-21/h4-10H,12H2,1-3H3,(H,23,25). The molecule has 1 N–H and O–H groups in total. The number of hydrogen-bond donors (Lipinski definition) is 1. The largest absolute Gasteiger partial charge is 0.497 e. The number of nitrogens with zero attached hydrogens (tertiary/aromatic N) is 2. The van der Waals surface area contributed by atoms with Gasteiger partial charge in [-0.15, -0.1) is 0 Å². The Labute approximate surface area is 162 Å². The van der Waals surface area contributed by atoms with Crippen LogP contribution in [0.15, 0.2) is 47.5 Å². The third-order valence-corrected chi connectivity index (χ3v) is 4.94. The summed E-state index contributed by atoms with van der Waals surface area (Å²) in [6.45, 7) is 3.98. The van der Waals surface area contributed by atoms with Gasteiger partial charge in [0.1, 0.15) is 16.8 Å². The van der Waals surface area contributed by atoms with E-state index in [1.165, 1.54) is 11.8 Å². The van der Waals surface area contributed by atoms with Crippen LogP contribution in [0.1, 0.15) is 16.7 Å². The molecule has 0 saturated carbocycles. The number of fused-ring (bicyclic) bond motifs is 1. The normalized spacial score (nSPS) is 10.4. The molecule has 1 aromatic heterocycles. The Hall–Kier alpha value is -3.04. The molecule has 5 nitrogen and oxygen atoms in total. The second-order valence-corrected chi connectivity index (χ2v) is 7.19. The first-order valence-corrected chi connectivity index (χ1v) is 9.37. The quantitative estimate of drug-likeness (QED) is 0.664. The molecule has 0 aliphatic carbocycles. The summed E-state index contributed by atoms with van der Waals surface area (Å²) in [6, 6.07) is 15.3. The van der Waals surface area contributed by atoms with Crippen LogP contribution in [-0.2, 0) is 4.79 Å². The minimum absolute atomic E-state index is 0.134. The molecule has 27 heavy (non-hydrogen) atoms. The maximum Gasteiger partial charge on any atom is 0.234 e. The highest BCUT2D eigenvalue weighted by atomic mass is 32.2. The molecule has 0 fully saturated rings. The number of nitriles is 1. The van der Waals surface area contributed by atoms with Crippen molar-refractivity contribution in [1.29, 1.82) is 5.26 Å². The van der Waals surface area contributed by atoms with E-state index in [-0.39, 0.29) is 11.7 Å². The molecule has 1 heterocycles. The monoisotopic (exact) mass is 377 g/mol. The molecule has 136 valence electrons. The number of carbonyl (C=O) groups is 1. The highest BCUT2D eigenvalue weighted by Gasteiger charge is 2.11. The molecule has 0 radical (unpaired) electrons. The lowest BCUT2D eigenvalue weighted by atomic mass is 10.1. The number of anilines is 1. The average Bonchev–Trinajstić information content (AvgIpc) is 2.64. The smallest absolute Gasteiger partial charge is 0.234 e. The van der Waals surface area contributed by atoms with Gasteiger partial charge < -0.3 is 10.1 Å². The van der Waals surface area contributed by atoms with Crippen molar-refractivity contribution < 1.29 is 9.53 Å². The average molecular weight is 377 g/mol. The van der Waals surface area contributed by atoms with Crippen LogP contribution >= 0.6 is 11.8 Å².